The van der Waals surface area contributed by atoms with Crippen molar-refractivity contribution < 1.29 is 0 Å². The first-order chi connectivity index (χ1) is 7.79. The third kappa shape index (κ3) is 3.04. The van der Waals surface area contributed by atoms with Crippen LogP contribution in [-0.2, 0) is 0 Å². The molecule has 0 aromatic carbocycles. The van der Waals surface area contributed by atoms with E-state index in [9.17, 15) is 0 Å². The summed E-state index contributed by atoms with van der Waals surface area (Å²) in [6.07, 6.45) is 6.66. The average Bonchev–Trinajstić information content (AvgIpc) is 2.57. The van der Waals surface area contributed by atoms with Crippen LogP contribution in [0.25, 0.3) is 0 Å². The molecule has 1 aliphatic rings. The predicted octanol–water partition coefficient (Wildman–Crippen LogP) is 3.61. The van der Waals surface area contributed by atoms with Gasteiger partial charge in [-0.25, -0.2) is 0 Å². The topological polar surface area (TPSA) is 31.9 Å². The Bertz CT molecular complexity index is 371. The summed E-state index contributed by atoms with van der Waals surface area (Å²) in [5, 5.41) is 8.20. The average molecular weight is 257 g/mol. The monoisotopic (exact) mass is 257 g/mol. The second-order valence-corrected chi connectivity index (χ2v) is 6.11. The Morgan fingerprint density at radius 1 is 1.50 bits per heavy atom. The van der Waals surface area contributed by atoms with E-state index in [4.69, 9.17) is 12.2 Å². The van der Waals surface area contributed by atoms with Gasteiger partial charge < -0.3 is 4.90 Å². The molecule has 1 saturated heterocycles. The van der Waals surface area contributed by atoms with Crippen LogP contribution in [0, 0.1) is 9.87 Å². The normalized spacial score (nSPS) is 22.1. The number of H-pyrrole nitrogens is 1. The molecule has 3 nitrogen and oxygen atoms in total. The molecule has 90 valence electrons. The summed E-state index contributed by atoms with van der Waals surface area (Å²) >= 11 is 6.67. The molecule has 1 fully saturated rings. The van der Waals surface area contributed by atoms with Crippen molar-refractivity contribution in [3.8, 4) is 0 Å². The number of hydrogen-bond donors (Lipinski definition) is 1. The van der Waals surface area contributed by atoms with E-state index in [2.05, 4.69) is 22.0 Å². The van der Waals surface area contributed by atoms with Gasteiger partial charge in [-0.2, -0.15) is 0 Å². The number of hydrogen-bond acceptors (Lipinski definition) is 4. The standard InChI is InChI=1S/C11H19N3S2/c1-2-4-9-5-3-7-14(8-6-9)10-12-13-11(15)16-10/h9H,2-8H2,1H3,(H,13,15). The van der Waals surface area contributed by atoms with Gasteiger partial charge in [0.2, 0.25) is 5.13 Å². The molecule has 5 heteroatoms. The molecule has 1 atom stereocenters. The summed E-state index contributed by atoms with van der Waals surface area (Å²) < 4.78 is 0.782. The lowest BCUT2D eigenvalue weighted by Crippen LogP contribution is -2.24. The van der Waals surface area contributed by atoms with Crippen LogP contribution in [0.5, 0.6) is 0 Å². The summed E-state index contributed by atoms with van der Waals surface area (Å²) in [4.78, 5) is 2.38. The van der Waals surface area contributed by atoms with Crippen molar-refractivity contribution in [1.29, 1.82) is 0 Å². The maximum Gasteiger partial charge on any atom is 0.206 e. The zero-order chi connectivity index (χ0) is 11.4. The van der Waals surface area contributed by atoms with Gasteiger partial charge in [0.1, 0.15) is 0 Å². The molecule has 0 aliphatic carbocycles. The summed E-state index contributed by atoms with van der Waals surface area (Å²) in [5.74, 6) is 0.918. The van der Waals surface area contributed by atoms with Crippen molar-refractivity contribution in [1.82, 2.24) is 10.2 Å². The van der Waals surface area contributed by atoms with Crippen LogP contribution in [0.1, 0.15) is 39.0 Å². The molecular formula is C11H19N3S2. The number of aromatic nitrogens is 2. The van der Waals surface area contributed by atoms with Crippen molar-refractivity contribution >= 4 is 28.7 Å². The lowest BCUT2D eigenvalue weighted by atomic mass is 9.96. The maximum atomic E-state index is 5.07. The molecule has 2 heterocycles. The lowest BCUT2D eigenvalue weighted by Gasteiger charge is -2.18. The van der Waals surface area contributed by atoms with Gasteiger partial charge in [0.15, 0.2) is 3.95 Å². The zero-order valence-corrected chi connectivity index (χ0v) is 11.4. The van der Waals surface area contributed by atoms with Crippen LogP contribution >= 0.6 is 23.6 Å². The van der Waals surface area contributed by atoms with Gasteiger partial charge >= 0.3 is 0 Å². The van der Waals surface area contributed by atoms with Crippen LogP contribution in [0.2, 0.25) is 0 Å². The lowest BCUT2D eigenvalue weighted by molar-refractivity contribution is 0.435. The molecule has 16 heavy (non-hydrogen) atoms. The summed E-state index contributed by atoms with van der Waals surface area (Å²) in [6, 6.07) is 0. The first-order valence-corrected chi connectivity index (χ1v) is 7.32. The Labute approximate surface area is 106 Å². The fourth-order valence-electron chi connectivity index (χ4n) is 2.41. The Hall–Kier alpha value is -0.420. The van der Waals surface area contributed by atoms with Crippen molar-refractivity contribution in [3.05, 3.63) is 3.95 Å². The molecule has 1 aliphatic heterocycles. The number of anilines is 1. The van der Waals surface area contributed by atoms with E-state index in [0.717, 1.165) is 28.1 Å². The van der Waals surface area contributed by atoms with Crippen molar-refractivity contribution in [3.63, 3.8) is 0 Å². The van der Waals surface area contributed by atoms with Crippen LogP contribution in [0.15, 0.2) is 0 Å². The molecule has 0 spiro atoms. The molecule has 0 saturated carbocycles. The molecular weight excluding hydrogens is 238 g/mol. The van der Waals surface area contributed by atoms with E-state index in [-0.39, 0.29) is 0 Å². The SMILES string of the molecule is CCCC1CCCN(c2n[nH]c(=S)s2)CC1. The Morgan fingerprint density at radius 3 is 3.06 bits per heavy atom. The number of nitrogens with zero attached hydrogens (tertiary/aromatic N) is 2. The maximum absolute atomic E-state index is 5.07. The minimum absolute atomic E-state index is 0.782. The largest absolute Gasteiger partial charge is 0.347 e. The van der Waals surface area contributed by atoms with Crippen LogP contribution in [-0.4, -0.2) is 23.3 Å². The highest BCUT2D eigenvalue weighted by molar-refractivity contribution is 7.73. The first-order valence-electron chi connectivity index (χ1n) is 6.10. The van der Waals surface area contributed by atoms with Gasteiger partial charge in [-0.15, -0.1) is 5.10 Å². The smallest absolute Gasteiger partial charge is 0.206 e. The third-order valence-electron chi connectivity index (χ3n) is 3.24. The molecule has 1 unspecified atom stereocenters. The summed E-state index contributed by atoms with van der Waals surface area (Å²) in [5.41, 5.74) is 0. The molecule has 0 bridgehead atoms. The zero-order valence-electron chi connectivity index (χ0n) is 9.74. The predicted molar refractivity (Wildman–Crippen MR) is 71.8 cm³/mol. The molecule has 1 aromatic rings. The number of rotatable bonds is 3. The minimum atomic E-state index is 0.782. The number of aromatic amines is 1. The van der Waals surface area contributed by atoms with E-state index >= 15 is 0 Å². The highest BCUT2D eigenvalue weighted by Gasteiger charge is 2.18. The van der Waals surface area contributed by atoms with Gasteiger partial charge in [-0.1, -0.05) is 31.1 Å². The Morgan fingerprint density at radius 2 is 2.38 bits per heavy atom. The van der Waals surface area contributed by atoms with Crippen molar-refractivity contribution in [2.45, 2.75) is 39.0 Å². The molecule has 1 aromatic heterocycles. The quantitative estimate of drug-likeness (QED) is 0.840. The van der Waals surface area contributed by atoms with Gasteiger partial charge in [0, 0.05) is 13.1 Å². The Balaban J connectivity index is 1.96. The molecule has 0 amide bonds. The summed E-state index contributed by atoms with van der Waals surface area (Å²) in [6.45, 7) is 4.55. The highest BCUT2D eigenvalue weighted by Crippen LogP contribution is 2.26. The third-order valence-corrected chi connectivity index (χ3v) is 4.39. The second kappa shape index (κ2) is 5.77. The van der Waals surface area contributed by atoms with E-state index in [1.165, 1.54) is 32.1 Å². The van der Waals surface area contributed by atoms with Crippen LogP contribution in [0.4, 0.5) is 5.13 Å². The highest BCUT2D eigenvalue weighted by atomic mass is 32.1. The minimum Gasteiger partial charge on any atom is -0.347 e. The molecule has 0 radical (unpaired) electrons. The molecule has 2 rings (SSSR count). The van der Waals surface area contributed by atoms with Crippen LogP contribution in [0.3, 0.4) is 0 Å². The molecule has 1 N–H and O–H groups in total. The fourth-order valence-corrected chi connectivity index (χ4v) is 3.34. The first kappa shape index (κ1) is 12.0. The van der Waals surface area contributed by atoms with Gasteiger partial charge in [0.05, 0.1) is 0 Å². The van der Waals surface area contributed by atoms with Crippen molar-refractivity contribution in [2.24, 2.45) is 5.92 Å². The van der Waals surface area contributed by atoms with Gasteiger partial charge in [-0.3, -0.25) is 5.10 Å². The van der Waals surface area contributed by atoms with E-state index in [1.54, 1.807) is 11.3 Å². The van der Waals surface area contributed by atoms with Crippen molar-refractivity contribution in [2.75, 3.05) is 18.0 Å². The van der Waals surface area contributed by atoms with Gasteiger partial charge in [0.25, 0.3) is 0 Å². The fraction of sp³-hybridized carbons (Fsp3) is 0.818. The van der Waals surface area contributed by atoms with Gasteiger partial charge in [-0.05, 0) is 37.4 Å². The Kier molecular flexibility index (Phi) is 4.35. The number of nitrogens with one attached hydrogen (secondary N) is 1. The van der Waals surface area contributed by atoms with E-state index < -0.39 is 0 Å². The van der Waals surface area contributed by atoms with E-state index in [0.29, 0.717) is 0 Å². The van der Waals surface area contributed by atoms with Crippen LogP contribution < -0.4 is 4.90 Å². The van der Waals surface area contributed by atoms with E-state index in [1.807, 2.05) is 0 Å². The second-order valence-electron chi connectivity index (χ2n) is 4.47. The summed E-state index contributed by atoms with van der Waals surface area (Å²) in [7, 11) is 0.